The number of hydrogen-bond acceptors (Lipinski definition) is 3. The zero-order valence-electron chi connectivity index (χ0n) is 9.82. The van der Waals surface area contributed by atoms with E-state index in [9.17, 15) is 9.59 Å². The normalized spacial score (nSPS) is 25.4. The van der Waals surface area contributed by atoms with Crippen LogP contribution in [0.1, 0.15) is 39.5 Å². The van der Waals surface area contributed by atoms with Crippen molar-refractivity contribution in [3.8, 4) is 0 Å². The van der Waals surface area contributed by atoms with Crippen molar-refractivity contribution in [2.75, 3.05) is 0 Å². The second-order valence-electron chi connectivity index (χ2n) is 5.28. The Kier molecular flexibility index (Phi) is 3.91. The van der Waals surface area contributed by atoms with Crippen LogP contribution in [0.3, 0.4) is 0 Å². The number of hydrogen-bond donors (Lipinski definition) is 3. The van der Waals surface area contributed by atoms with Gasteiger partial charge in [0.15, 0.2) is 0 Å². The molecule has 1 saturated carbocycles. The highest BCUT2D eigenvalue weighted by atomic mass is 16.4. The Balaban J connectivity index is 2.34. The molecule has 5 nitrogen and oxygen atoms in total. The lowest BCUT2D eigenvalue weighted by atomic mass is 10.0. The summed E-state index contributed by atoms with van der Waals surface area (Å²) in [4.78, 5) is 22.3. The molecule has 1 rings (SSSR count). The van der Waals surface area contributed by atoms with Crippen molar-refractivity contribution >= 4 is 11.9 Å². The third kappa shape index (κ3) is 4.18. The second kappa shape index (κ2) is 4.82. The summed E-state index contributed by atoms with van der Waals surface area (Å²) in [6.45, 7) is 3.59. The molecule has 1 aliphatic rings. The van der Waals surface area contributed by atoms with Gasteiger partial charge in [0.05, 0.1) is 5.92 Å². The predicted octanol–water partition coefficient (Wildman–Crippen LogP) is 0.483. The van der Waals surface area contributed by atoms with E-state index in [-0.39, 0.29) is 24.3 Å². The molecule has 0 spiro atoms. The molecular formula is C11H20N2O3. The molecule has 4 N–H and O–H groups in total. The van der Waals surface area contributed by atoms with Gasteiger partial charge in [0.2, 0.25) is 5.91 Å². The van der Waals surface area contributed by atoms with Gasteiger partial charge in [0.25, 0.3) is 0 Å². The zero-order valence-corrected chi connectivity index (χ0v) is 9.82. The van der Waals surface area contributed by atoms with Gasteiger partial charge in [-0.15, -0.1) is 0 Å². The van der Waals surface area contributed by atoms with Gasteiger partial charge in [0.1, 0.15) is 0 Å². The van der Waals surface area contributed by atoms with Crippen molar-refractivity contribution in [2.24, 2.45) is 11.7 Å². The van der Waals surface area contributed by atoms with Gasteiger partial charge in [-0.2, -0.15) is 0 Å². The lowest BCUT2D eigenvalue weighted by molar-refractivity contribution is -0.141. The van der Waals surface area contributed by atoms with Crippen molar-refractivity contribution < 1.29 is 14.7 Å². The molecule has 1 amide bonds. The largest absolute Gasteiger partial charge is 0.481 e. The van der Waals surface area contributed by atoms with Crippen molar-refractivity contribution in [1.29, 1.82) is 0 Å². The topological polar surface area (TPSA) is 92.4 Å². The molecule has 0 saturated heterocycles. The molecule has 0 aromatic rings. The van der Waals surface area contributed by atoms with Crippen molar-refractivity contribution in [3.63, 3.8) is 0 Å². The van der Waals surface area contributed by atoms with Gasteiger partial charge < -0.3 is 16.2 Å². The molecule has 0 heterocycles. The van der Waals surface area contributed by atoms with E-state index in [4.69, 9.17) is 10.8 Å². The molecule has 1 aliphatic carbocycles. The maximum absolute atomic E-state index is 11.6. The molecule has 92 valence electrons. The summed E-state index contributed by atoms with van der Waals surface area (Å²) >= 11 is 0. The van der Waals surface area contributed by atoms with Crippen LogP contribution in [0.15, 0.2) is 0 Å². The fourth-order valence-corrected chi connectivity index (χ4v) is 2.03. The number of nitrogens with one attached hydrogen (secondary N) is 1. The Morgan fingerprint density at radius 3 is 2.50 bits per heavy atom. The summed E-state index contributed by atoms with van der Waals surface area (Å²) < 4.78 is 0. The third-order valence-corrected chi connectivity index (χ3v) is 2.76. The first-order valence-corrected chi connectivity index (χ1v) is 5.59. The number of aliphatic carboxylic acids is 1. The zero-order chi connectivity index (χ0) is 12.3. The Morgan fingerprint density at radius 2 is 2.06 bits per heavy atom. The minimum atomic E-state index is -0.768. The molecule has 0 bridgehead atoms. The quantitative estimate of drug-likeness (QED) is 0.652. The maximum atomic E-state index is 11.6. The molecule has 0 aliphatic heterocycles. The minimum Gasteiger partial charge on any atom is -0.481 e. The molecular weight excluding hydrogens is 208 g/mol. The average Bonchev–Trinajstić information content (AvgIpc) is 2.48. The van der Waals surface area contributed by atoms with Crippen molar-refractivity contribution in [2.45, 2.75) is 51.1 Å². The summed E-state index contributed by atoms with van der Waals surface area (Å²) in [5.41, 5.74) is 5.21. The summed E-state index contributed by atoms with van der Waals surface area (Å²) in [5.74, 6) is -1.17. The molecule has 5 heteroatoms. The van der Waals surface area contributed by atoms with E-state index in [1.54, 1.807) is 13.8 Å². The lowest BCUT2D eigenvalue weighted by Gasteiger charge is -2.19. The van der Waals surface area contributed by atoms with Gasteiger partial charge in [-0.05, 0) is 33.1 Å². The smallest absolute Gasteiger partial charge is 0.306 e. The molecule has 2 unspecified atom stereocenters. The second-order valence-corrected chi connectivity index (χ2v) is 5.28. The van der Waals surface area contributed by atoms with Gasteiger partial charge in [0, 0.05) is 18.0 Å². The van der Waals surface area contributed by atoms with Crippen LogP contribution in [0.5, 0.6) is 0 Å². The van der Waals surface area contributed by atoms with Crippen LogP contribution in [0, 0.1) is 5.92 Å². The number of carboxylic acids is 1. The number of amides is 1. The van der Waals surface area contributed by atoms with E-state index in [0.29, 0.717) is 12.8 Å². The van der Waals surface area contributed by atoms with Crippen molar-refractivity contribution in [1.82, 2.24) is 5.32 Å². The Labute approximate surface area is 95.4 Å². The fraction of sp³-hybridized carbons (Fsp3) is 0.818. The number of carbonyl (C=O) groups is 2. The first-order chi connectivity index (χ1) is 7.28. The van der Waals surface area contributed by atoms with Gasteiger partial charge in [-0.25, -0.2) is 0 Å². The first kappa shape index (κ1) is 13.0. The lowest BCUT2D eigenvalue weighted by Crippen LogP contribution is -2.42. The van der Waals surface area contributed by atoms with E-state index in [1.807, 2.05) is 0 Å². The summed E-state index contributed by atoms with van der Waals surface area (Å²) in [6.07, 6.45) is 2.19. The van der Waals surface area contributed by atoms with E-state index < -0.39 is 11.5 Å². The van der Waals surface area contributed by atoms with Crippen LogP contribution >= 0.6 is 0 Å². The SMILES string of the molecule is CC(C)(N)CC(=O)NC1CCC(C(=O)O)C1. The Morgan fingerprint density at radius 1 is 1.44 bits per heavy atom. The van der Waals surface area contributed by atoms with Crippen LogP contribution in [0.25, 0.3) is 0 Å². The van der Waals surface area contributed by atoms with Crippen LogP contribution in [0.2, 0.25) is 0 Å². The predicted molar refractivity (Wildman–Crippen MR) is 59.8 cm³/mol. The minimum absolute atomic E-state index is 0.00375. The molecule has 0 radical (unpaired) electrons. The van der Waals surface area contributed by atoms with Gasteiger partial charge >= 0.3 is 5.97 Å². The van der Waals surface area contributed by atoms with E-state index in [1.165, 1.54) is 0 Å². The standard InChI is InChI=1S/C11H20N2O3/c1-11(2,12)6-9(14)13-8-4-3-7(5-8)10(15)16/h7-8H,3-6,12H2,1-2H3,(H,13,14)(H,15,16). The molecule has 0 aromatic heterocycles. The van der Waals surface area contributed by atoms with E-state index >= 15 is 0 Å². The van der Waals surface area contributed by atoms with Crippen molar-refractivity contribution in [3.05, 3.63) is 0 Å². The summed E-state index contributed by atoms with van der Waals surface area (Å²) in [6, 6.07) is -0.00375. The Bertz CT molecular complexity index is 283. The number of carbonyl (C=O) groups excluding carboxylic acids is 1. The molecule has 2 atom stereocenters. The highest BCUT2D eigenvalue weighted by molar-refractivity contribution is 5.77. The van der Waals surface area contributed by atoms with Crippen LogP contribution < -0.4 is 11.1 Å². The monoisotopic (exact) mass is 228 g/mol. The Hall–Kier alpha value is -1.10. The van der Waals surface area contributed by atoms with Crippen LogP contribution in [-0.2, 0) is 9.59 Å². The third-order valence-electron chi connectivity index (χ3n) is 2.76. The summed E-state index contributed by atoms with van der Waals surface area (Å²) in [5, 5.41) is 11.7. The van der Waals surface area contributed by atoms with Crippen LogP contribution in [0.4, 0.5) is 0 Å². The number of rotatable bonds is 4. The number of nitrogens with two attached hydrogens (primary N) is 1. The maximum Gasteiger partial charge on any atom is 0.306 e. The highest BCUT2D eigenvalue weighted by Gasteiger charge is 2.31. The van der Waals surface area contributed by atoms with E-state index in [2.05, 4.69) is 5.32 Å². The highest BCUT2D eigenvalue weighted by Crippen LogP contribution is 2.25. The summed E-state index contributed by atoms with van der Waals surface area (Å²) in [7, 11) is 0. The first-order valence-electron chi connectivity index (χ1n) is 5.59. The molecule has 16 heavy (non-hydrogen) atoms. The fourth-order valence-electron chi connectivity index (χ4n) is 2.03. The molecule has 1 fully saturated rings. The van der Waals surface area contributed by atoms with Gasteiger partial charge in [-0.3, -0.25) is 9.59 Å². The van der Waals surface area contributed by atoms with Gasteiger partial charge in [-0.1, -0.05) is 0 Å². The van der Waals surface area contributed by atoms with E-state index in [0.717, 1.165) is 6.42 Å². The van der Waals surface area contributed by atoms with Crippen LogP contribution in [-0.4, -0.2) is 28.6 Å². The number of carboxylic acid groups (broad SMARTS) is 1. The molecule has 0 aromatic carbocycles. The average molecular weight is 228 g/mol.